The highest BCUT2D eigenvalue weighted by atomic mass is 16.5. The first-order valence-corrected chi connectivity index (χ1v) is 9.84. The molecule has 2 aromatic heterocycles. The number of aromatic hydroxyl groups is 1. The number of nitrogens with zero attached hydrogens (tertiary/aromatic N) is 3. The average Bonchev–Trinajstić information content (AvgIpc) is 3.46. The number of fused-ring (bicyclic) bond motifs is 2. The molecule has 1 N–H and O–H groups in total. The normalized spacial score (nSPS) is 14.2. The number of ether oxygens (including phenoxy) is 1. The van der Waals surface area contributed by atoms with Crippen molar-refractivity contribution in [2.24, 2.45) is 7.05 Å². The maximum absolute atomic E-state index is 12.9. The Kier molecular flexibility index (Phi) is 4.01. The van der Waals surface area contributed by atoms with Crippen molar-refractivity contribution in [3.8, 4) is 17.3 Å². The van der Waals surface area contributed by atoms with Crippen LogP contribution in [0.15, 0.2) is 48.7 Å². The fourth-order valence-electron chi connectivity index (χ4n) is 4.27. The van der Waals surface area contributed by atoms with Gasteiger partial charge < -0.3 is 19.3 Å². The smallest absolute Gasteiger partial charge is 0.270 e. The Balaban J connectivity index is 1.59. The van der Waals surface area contributed by atoms with Crippen LogP contribution in [-0.2, 0) is 7.05 Å². The molecule has 1 saturated heterocycles. The first-order chi connectivity index (χ1) is 14.1. The number of amides is 1. The van der Waals surface area contributed by atoms with Crippen LogP contribution >= 0.6 is 0 Å². The molecule has 1 aliphatic rings. The van der Waals surface area contributed by atoms with Gasteiger partial charge in [0.1, 0.15) is 11.4 Å². The molecule has 6 nitrogen and oxygen atoms in total. The summed E-state index contributed by atoms with van der Waals surface area (Å²) in [7, 11) is 3.54. The molecular formula is C23H23N3O3. The molecular weight excluding hydrogens is 366 g/mol. The largest absolute Gasteiger partial charge is 0.497 e. The third kappa shape index (κ3) is 2.75. The number of methoxy groups -OCH3 is 1. The van der Waals surface area contributed by atoms with Gasteiger partial charge in [0, 0.05) is 53.7 Å². The van der Waals surface area contributed by atoms with Crippen molar-refractivity contribution in [3.05, 3.63) is 54.4 Å². The Morgan fingerprint density at radius 2 is 1.83 bits per heavy atom. The van der Waals surface area contributed by atoms with Gasteiger partial charge in [-0.05, 0) is 55.3 Å². The van der Waals surface area contributed by atoms with E-state index in [-0.39, 0.29) is 11.8 Å². The lowest BCUT2D eigenvalue weighted by molar-refractivity contribution is 0.0784. The van der Waals surface area contributed by atoms with Gasteiger partial charge in [-0.25, -0.2) is 0 Å². The third-order valence-electron chi connectivity index (χ3n) is 5.91. The monoisotopic (exact) mass is 389 g/mol. The average molecular weight is 389 g/mol. The van der Waals surface area contributed by atoms with Gasteiger partial charge in [-0.15, -0.1) is 0 Å². The first-order valence-electron chi connectivity index (χ1n) is 9.84. The zero-order valence-corrected chi connectivity index (χ0v) is 16.6. The summed E-state index contributed by atoms with van der Waals surface area (Å²) in [6.45, 7) is 1.66. The molecule has 1 amide bonds. The quantitative estimate of drug-likeness (QED) is 0.575. The number of rotatable bonds is 3. The van der Waals surface area contributed by atoms with Gasteiger partial charge in [-0.3, -0.25) is 9.36 Å². The van der Waals surface area contributed by atoms with Crippen molar-refractivity contribution in [3.63, 3.8) is 0 Å². The van der Waals surface area contributed by atoms with E-state index < -0.39 is 0 Å². The Bertz CT molecular complexity index is 1250. The van der Waals surface area contributed by atoms with Crippen LogP contribution in [-0.4, -0.2) is 45.2 Å². The highest BCUT2D eigenvalue weighted by molar-refractivity contribution is 5.99. The molecule has 29 heavy (non-hydrogen) atoms. The first kappa shape index (κ1) is 17.7. The van der Waals surface area contributed by atoms with Crippen LogP contribution in [0.2, 0.25) is 0 Å². The van der Waals surface area contributed by atoms with E-state index in [1.807, 2.05) is 65.2 Å². The minimum atomic E-state index is 0.0874. The van der Waals surface area contributed by atoms with Crippen LogP contribution in [0, 0.1) is 0 Å². The molecule has 0 saturated carbocycles. The minimum Gasteiger partial charge on any atom is -0.497 e. The summed E-state index contributed by atoms with van der Waals surface area (Å²) in [5.74, 6) is 0.959. The van der Waals surface area contributed by atoms with Crippen molar-refractivity contribution in [2.45, 2.75) is 12.8 Å². The SMILES string of the molecule is COc1ccc2cn(-c3ccc4c(c3)cc(C(=O)N3CCCC3)n4C)c(O)c2c1. The highest BCUT2D eigenvalue weighted by Gasteiger charge is 2.23. The summed E-state index contributed by atoms with van der Waals surface area (Å²) in [6, 6.07) is 13.5. The van der Waals surface area contributed by atoms with Crippen LogP contribution in [0.25, 0.3) is 27.4 Å². The summed E-state index contributed by atoms with van der Waals surface area (Å²) in [5.41, 5.74) is 2.54. The Hall–Kier alpha value is -3.41. The second-order valence-electron chi connectivity index (χ2n) is 7.61. The number of aromatic nitrogens is 2. The Labute approximate surface area is 168 Å². The fourth-order valence-corrected chi connectivity index (χ4v) is 4.27. The van der Waals surface area contributed by atoms with Crippen LogP contribution in [0.5, 0.6) is 11.6 Å². The van der Waals surface area contributed by atoms with Crippen molar-refractivity contribution in [1.82, 2.24) is 14.0 Å². The molecule has 148 valence electrons. The van der Waals surface area contributed by atoms with E-state index in [1.54, 1.807) is 11.7 Å². The van der Waals surface area contributed by atoms with Gasteiger partial charge in [-0.2, -0.15) is 0 Å². The van der Waals surface area contributed by atoms with Crippen molar-refractivity contribution >= 4 is 27.6 Å². The molecule has 4 aromatic rings. The number of benzene rings is 2. The van der Waals surface area contributed by atoms with Crippen LogP contribution in [0.3, 0.4) is 0 Å². The summed E-state index contributed by atoms with van der Waals surface area (Å²) >= 11 is 0. The number of likely N-dealkylation sites (tertiary alicyclic amines) is 1. The van der Waals surface area contributed by atoms with E-state index in [4.69, 9.17) is 4.74 Å². The van der Waals surface area contributed by atoms with Gasteiger partial charge in [0.25, 0.3) is 5.91 Å². The number of hydrogen-bond acceptors (Lipinski definition) is 3. The molecule has 6 heteroatoms. The Morgan fingerprint density at radius 3 is 2.59 bits per heavy atom. The number of carbonyl (C=O) groups excluding carboxylic acids is 1. The van der Waals surface area contributed by atoms with E-state index in [9.17, 15) is 9.90 Å². The predicted octanol–water partition coefficient (Wildman–Crippen LogP) is 4.07. The number of hydrogen-bond donors (Lipinski definition) is 1. The van der Waals surface area contributed by atoms with Gasteiger partial charge in [-0.1, -0.05) is 0 Å². The Morgan fingerprint density at radius 1 is 1.03 bits per heavy atom. The summed E-state index contributed by atoms with van der Waals surface area (Å²) in [5, 5.41) is 13.4. The molecule has 0 atom stereocenters. The van der Waals surface area contributed by atoms with Crippen LogP contribution in [0.1, 0.15) is 23.3 Å². The minimum absolute atomic E-state index is 0.0874. The predicted molar refractivity (Wildman–Crippen MR) is 113 cm³/mol. The lowest BCUT2D eigenvalue weighted by Gasteiger charge is -2.15. The zero-order chi connectivity index (χ0) is 20.1. The van der Waals surface area contributed by atoms with E-state index >= 15 is 0 Å². The van der Waals surface area contributed by atoms with E-state index in [1.165, 1.54) is 0 Å². The molecule has 0 aliphatic carbocycles. The maximum atomic E-state index is 12.9. The molecule has 2 aromatic carbocycles. The van der Waals surface area contributed by atoms with Crippen molar-refractivity contribution < 1.29 is 14.6 Å². The maximum Gasteiger partial charge on any atom is 0.270 e. The molecule has 0 unspecified atom stereocenters. The standard InChI is InChI=1S/C23H23N3O3/c1-24-20-8-6-17(11-16(20)12-21(24)23(28)25-9-3-4-10-25)26-14-15-5-7-18(29-2)13-19(15)22(26)27/h5-8,11-14,27H,3-4,9-10H2,1-2H3. The topological polar surface area (TPSA) is 59.6 Å². The van der Waals surface area contributed by atoms with Crippen LogP contribution < -0.4 is 4.74 Å². The van der Waals surface area contributed by atoms with E-state index in [0.717, 1.165) is 53.3 Å². The van der Waals surface area contributed by atoms with Gasteiger partial charge in [0.15, 0.2) is 0 Å². The third-order valence-corrected chi connectivity index (χ3v) is 5.91. The van der Waals surface area contributed by atoms with Crippen molar-refractivity contribution in [2.75, 3.05) is 20.2 Å². The summed E-state index contributed by atoms with van der Waals surface area (Å²) in [6.07, 6.45) is 4.06. The molecule has 1 aliphatic heterocycles. The van der Waals surface area contributed by atoms with Gasteiger partial charge >= 0.3 is 0 Å². The van der Waals surface area contributed by atoms with Gasteiger partial charge in [0.05, 0.1) is 7.11 Å². The second-order valence-corrected chi connectivity index (χ2v) is 7.61. The molecule has 0 spiro atoms. The molecule has 0 bridgehead atoms. The number of aryl methyl sites for hydroxylation is 1. The van der Waals surface area contributed by atoms with Gasteiger partial charge in [0.2, 0.25) is 5.88 Å². The number of carbonyl (C=O) groups is 1. The molecule has 1 fully saturated rings. The lowest BCUT2D eigenvalue weighted by Crippen LogP contribution is -2.29. The fraction of sp³-hybridized carbons (Fsp3) is 0.261. The zero-order valence-electron chi connectivity index (χ0n) is 16.6. The second kappa shape index (κ2) is 6.58. The van der Waals surface area contributed by atoms with E-state index in [0.29, 0.717) is 11.4 Å². The summed E-state index contributed by atoms with van der Waals surface area (Å²) in [4.78, 5) is 14.8. The van der Waals surface area contributed by atoms with Crippen LogP contribution in [0.4, 0.5) is 0 Å². The lowest BCUT2D eigenvalue weighted by atomic mass is 10.2. The molecule has 0 radical (unpaired) electrons. The van der Waals surface area contributed by atoms with E-state index in [2.05, 4.69) is 0 Å². The molecule has 3 heterocycles. The molecule has 5 rings (SSSR count). The van der Waals surface area contributed by atoms with Crippen molar-refractivity contribution in [1.29, 1.82) is 0 Å². The summed E-state index contributed by atoms with van der Waals surface area (Å²) < 4.78 is 8.99. The highest BCUT2D eigenvalue weighted by Crippen LogP contribution is 2.34.